The molecule has 2 aromatic heterocycles. The van der Waals surface area contributed by atoms with Crippen molar-refractivity contribution in [3.8, 4) is 17.1 Å². The van der Waals surface area contributed by atoms with Crippen LogP contribution in [0.5, 0.6) is 5.75 Å². The van der Waals surface area contributed by atoms with Gasteiger partial charge in [-0.3, -0.25) is 43.5 Å². The lowest BCUT2D eigenvalue weighted by molar-refractivity contribution is -0.172. The van der Waals surface area contributed by atoms with Gasteiger partial charge in [-0.05, 0) is 177 Å². The van der Waals surface area contributed by atoms with Crippen LogP contribution in [0.1, 0.15) is 293 Å². The number of aliphatic hydroxyl groups is 1. The van der Waals surface area contributed by atoms with Gasteiger partial charge in [-0.25, -0.2) is 24.2 Å². The van der Waals surface area contributed by atoms with Crippen LogP contribution in [0.15, 0.2) is 160 Å². The van der Waals surface area contributed by atoms with Crippen molar-refractivity contribution in [1.82, 2.24) is 14.9 Å². The zero-order chi connectivity index (χ0) is 96.6. The molecule has 129 heavy (non-hydrogen) atoms. The Morgan fingerprint density at radius 3 is 1.47 bits per heavy atom. The average molecular weight is 1900 g/mol. The van der Waals surface area contributed by atoms with Crippen LogP contribution in [-0.4, -0.2) is 148 Å². The van der Waals surface area contributed by atoms with E-state index in [1.54, 1.807) is 77.3 Å². The number of esters is 7. The van der Waals surface area contributed by atoms with Gasteiger partial charge in [0.25, 0.3) is 5.56 Å². The number of carboxylic acid groups (broad SMARTS) is 1. The van der Waals surface area contributed by atoms with Gasteiger partial charge in [0, 0.05) is 45.2 Å². The van der Waals surface area contributed by atoms with Crippen molar-refractivity contribution in [2.75, 3.05) is 11.0 Å². The number of amides is 1. The number of aliphatic imine (C=N–C) groups is 2. The lowest BCUT2D eigenvalue weighted by Crippen LogP contribution is -2.44. The van der Waals surface area contributed by atoms with Crippen molar-refractivity contribution in [2.24, 2.45) is 15.7 Å². The van der Waals surface area contributed by atoms with Crippen LogP contribution in [0, 0.1) is 0 Å². The molecule has 1 fully saturated rings. The second-order valence-corrected chi connectivity index (χ2v) is 36.9. The van der Waals surface area contributed by atoms with Crippen LogP contribution < -0.4 is 21.3 Å². The summed E-state index contributed by atoms with van der Waals surface area (Å²) >= 11 is 2.39. The number of carbonyl (C=O) groups excluding carboxylic acids is 9. The van der Waals surface area contributed by atoms with Gasteiger partial charge in [0.15, 0.2) is 5.60 Å². The summed E-state index contributed by atoms with van der Waals surface area (Å²) in [6.07, 6.45) is 10.3. The molecule has 28 heteroatoms. The minimum absolute atomic E-state index is 0.0103. The molecule has 3 unspecified atom stereocenters. The second-order valence-electron chi connectivity index (χ2n) is 35.9. The summed E-state index contributed by atoms with van der Waals surface area (Å²) in [4.78, 5) is 142. The fourth-order valence-electron chi connectivity index (χ4n) is 12.7. The lowest BCUT2D eigenvalue weighted by atomic mass is 9.86. The van der Waals surface area contributed by atoms with E-state index in [1.807, 2.05) is 197 Å². The third-order valence-electron chi connectivity index (χ3n) is 18.8. The van der Waals surface area contributed by atoms with E-state index in [9.17, 15) is 57.8 Å². The van der Waals surface area contributed by atoms with Crippen LogP contribution in [0.25, 0.3) is 22.3 Å². The third-order valence-corrected chi connectivity index (χ3v) is 19.5. The molecule has 5 N–H and O–H groups in total. The summed E-state index contributed by atoms with van der Waals surface area (Å²) in [7, 11) is 0. The molecule has 7 aromatic rings. The fraction of sp³-hybridized carbons (Fsp3) is 0.505. The predicted octanol–water partition coefficient (Wildman–Crippen LogP) is 19.0. The number of aromatic nitrogens is 2. The first-order valence-corrected chi connectivity index (χ1v) is 45.9. The van der Waals surface area contributed by atoms with E-state index in [0.29, 0.717) is 54.9 Å². The number of nitrogens with zero attached hydrogens (tertiary/aromatic N) is 4. The number of nitrogens with one attached hydrogen (secondary N) is 1. The third kappa shape index (κ3) is 39.6. The van der Waals surface area contributed by atoms with Crippen LogP contribution in [0.2, 0.25) is 0 Å². The highest BCUT2D eigenvalue weighted by molar-refractivity contribution is 14.1. The highest BCUT2D eigenvalue weighted by Gasteiger charge is 2.46. The van der Waals surface area contributed by atoms with E-state index in [-0.39, 0.29) is 79.8 Å². The Morgan fingerprint density at radius 1 is 0.566 bits per heavy atom. The first-order valence-electron chi connectivity index (χ1n) is 44.4. The number of fused-ring (bicyclic) bond motifs is 5. The smallest absolute Gasteiger partial charge is 0.481 e. The molecule has 704 valence electrons. The Morgan fingerprint density at radius 2 is 1.03 bits per heavy atom. The summed E-state index contributed by atoms with van der Waals surface area (Å²) in [5.74, 6) is -4.04. The van der Waals surface area contributed by atoms with E-state index in [1.165, 1.54) is 17.3 Å². The van der Waals surface area contributed by atoms with E-state index in [2.05, 4.69) is 58.4 Å². The largest absolute Gasteiger partial charge is 0.514 e. The topological polar surface area (TPSA) is 383 Å². The molecular weight excluding hydrogens is 1760 g/mol. The maximum absolute atomic E-state index is 13.4. The van der Waals surface area contributed by atoms with Gasteiger partial charge in [-0.15, -0.1) is 0 Å². The molecule has 5 aromatic carbocycles. The number of aliphatic carboxylic acids is 1. The van der Waals surface area contributed by atoms with E-state index in [0.717, 1.165) is 88.7 Å². The first kappa shape index (κ1) is 110. The van der Waals surface area contributed by atoms with Gasteiger partial charge in [-0.1, -0.05) is 230 Å². The number of hydrogen-bond acceptors (Lipinski definition) is 24. The standard InChI is InChI=1S/C27H28N2O7.C23H29NO2.C19H21NO2.C14H25NO5.C10H21NO2.C4H9I.C4H4O3/c1-6-15-16-10-14(35-25(32)36-26(3,4)5)8-9-20(16)28-22-17(15)12-29-21(22)11-19-18(23(29)30)13-34-24(31)27(19,33)7-2;1-5-6-17-20(22(25)26-23(2,3)4)24-21(18-13-9-7-10-14-18)19-15-11-8-12-16-19;1-19(2,3)22-17(21)14-20-18(15-10-6-4-7-11-15)16-12-8-5-9-13-16;1-5-6-7-10(13(19)20-14(2,3)4)15-11(16)8-9-12(17)18;1-5-6-7-8(11)9(12)13-10(2,3)4;1-2-3-4-5;5-3-1-2-4(6)7-3/h8-11,33H,6-7,12-13H2,1-5H3;7-16,20H,5-6,17H2,1-4H3;4-13H,14H2,1-3H3;10H,5-9H2,1-4H3,(H,15,16)(H,17,18);8H,5-7,11H2,1-4H3;2-4H2,1H3;1-2H2/t27-;;;;;;/m0....../s1. The first-order chi connectivity index (χ1) is 60.5. The minimum Gasteiger partial charge on any atom is -0.481 e. The molecule has 27 nitrogen and oxygen atoms in total. The molecule has 5 heterocycles. The number of hydrogen-bond donors (Lipinski definition) is 4. The van der Waals surface area contributed by atoms with Crippen molar-refractivity contribution in [3.63, 3.8) is 0 Å². The van der Waals surface area contributed by atoms with E-state index in [4.69, 9.17) is 54.0 Å². The average Bonchev–Trinajstić information content (AvgIpc) is 1.59. The zero-order valence-electron chi connectivity index (χ0n) is 79.3. The van der Waals surface area contributed by atoms with Gasteiger partial charge in [0.2, 0.25) is 5.91 Å². The maximum Gasteiger partial charge on any atom is 0.514 e. The van der Waals surface area contributed by atoms with Crippen molar-refractivity contribution in [2.45, 2.75) is 319 Å². The molecule has 0 saturated carbocycles. The molecule has 0 aliphatic carbocycles. The second kappa shape index (κ2) is 53.3. The number of nitrogens with two attached hydrogens (primary N) is 1. The number of halogens is 1. The Hall–Kier alpha value is -10.9. The summed E-state index contributed by atoms with van der Waals surface area (Å²) in [6.45, 7) is 39.5. The number of ether oxygens (including phenoxy) is 8. The number of carboxylic acids is 1. The highest BCUT2D eigenvalue weighted by atomic mass is 127. The van der Waals surface area contributed by atoms with Gasteiger partial charge < -0.3 is 63.7 Å². The van der Waals surface area contributed by atoms with Crippen LogP contribution >= 0.6 is 22.6 Å². The number of unbranched alkanes of at least 4 members (excludes halogenated alkanes) is 4. The Balaban J connectivity index is 0.000000336. The Bertz CT molecular complexity index is 4840. The molecule has 0 radical (unpaired) electrons. The van der Waals surface area contributed by atoms with Gasteiger partial charge in [-0.2, -0.15) is 0 Å². The van der Waals surface area contributed by atoms with E-state index < -0.39 is 93.6 Å². The van der Waals surface area contributed by atoms with Crippen LogP contribution in [0.3, 0.4) is 0 Å². The van der Waals surface area contributed by atoms with Crippen molar-refractivity contribution in [3.05, 3.63) is 200 Å². The number of alkyl halides is 1. The summed E-state index contributed by atoms with van der Waals surface area (Å²) < 4.78 is 44.1. The monoisotopic (exact) mass is 1900 g/mol. The molecule has 1 amide bonds. The number of benzene rings is 5. The summed E-state index contributed by atoms with van der Waals surface area (Å²) in [5.41, 5.74) is 10.6. The van der Waals surface area contributed by atoms with Crippen molar-refractivity contribution < 1.29 is 96.1 Å². The number of pyridine rings is 2. The SMILES string of the molecule is CC(C)(C)OC(=O)CN=C(c1ccccc1)c1ccccc1.CCCCC(N)C(=O)OC(C)(C)C.CCCCC(N=C(c1ccccc1)c1ccccc1)C(=O)OC(C)(C)C.CCCCC(NC(=O)CCC(=O)O)C(=O)OC(C)(C)C.CCCCI.CCc1c2c(nc3ccc(OC(=O)OC(C)(C)C)cc13)-c1cc3c(c(=O)n1C2)COC(=O)[C@]3(O)CC.O=C1CCC(=O)O1. The Kier molecular flexibility index (Phi) is 45.7. The number of rotatable bonds is 28. The van der Waals surface area contributed by atoms with Crippen molar-refractivity contribution in [1.29, 1.82) is 0 Å². The molecule has 3 aliphatic rings. The predicted molar refractivity (Wildman–Crippen MR) is 509 cm³/mol. The highest BCUT2D eigenvalue weighted by Crippen LogP contribution is 2.41. The Labute approximate surface area is 774 Å². The zero-order valence-corrected chi connectivity index (χ0v) is 81.5. The molecule has 1 saturated heterocycles. The number of aryl methyl sites for hydroxylation is 1. The van der Waals surface area contributed by atoms with Crippen LogP contribution in [-0.2, 0) is 101 Å². The fourth-order valence-corrected chi connectivity index (χ4v) is 13.5. The molecule has 0 spiro atoms. The van der Waals surface area contributed by atoms with Gasteiger partial charge in [0.1, 0.15) is 65.0 Å². The van der Waals surface area contributed by atoms with Crippen LogP contribution in [0.4, 0.5) is 4.79 Å². The van der Waals surface area contributed by atoms with Gasteiger partial charge >= 0.3 is 53.9 Å². The quantitative estimate of drug-likeness (QED) is 0.00673. The molecular formula is C101H137IN6O21. The molecule has 10 rings (SSSR count). The summed E-state index contributed by atoms with van der Waals surface area (Å²) in [5, 5.41) is 22.9. The molecule has 0 bridgehead atoms. The lowest BCUT2D eigenvalue weighted by Gasteiger charge is -2.31. The van der Waals surface area contributed by atoms with Crippen molar-refractivity contribution >= 4 is 105 Å². The normalized spacial score (nSPS) is 14.2. The number of carbonyl (C=O) groups is 10. The molecule has 3 aliphatic heterocycles. The van der Waals surface area contributed by atoms with E-state index >= 15 is 0 Å². The minimum atomic E-state index is -1.87. The summed E-state index contributed by atoms with van der Waals surface area (Å²) in [6, 6.07) is 44.9. The van der Waals surface area contributed by atoms with Gasteiger partial charge in [0.05, 0.1) is 59.7 Å². The number of cyclic esters (lactones) is 3. The maximum atomic E-state index is 13.4. The molecule has 4 atom stereocenters.